The van der Waals surface area contributed by atoms with Crippen molar-refractivity contribution < 1.29 is 4.79 Å². The minimum absolute atomic E-state index is 0.364. The van der Waals surface area contributed by atoms with Crippen LogP contribution < -0.4 is 0 Å². The van der Waals surface area contributed by atoms with Gasteiger partial charge in [0.25, 0.3) is 0 Å². The maximum absolute atomic E-state index is 11.4. The van der Waals surface area contributed by atoms with Gasteiger partial charge in [-0.3, -0.25) is 0 Å². The van der Waals surface area contributed by atoms with Crippen LogP contribution in [0.5, 0.6) is 0 Å². The molecule has 0 aromatic heterocycles. The predicted octanol–water partition coefficient (Wildman–Crippen LogP) is 8.62. The van der Waals surface area contributed by atoms with Gasteiger partial charge in [0.1, 0.15) is 5.78 Å². The van der Waals surface area contributed by atoms with Crippen LogP contribution in [0, 0.1) is 46.3 Å². The van der Waals surface area contributed by atoms with Gasteiger partial charge in [0.2, 0.25) is 0 Å². The standard InChI is InChI=1S/C27H44O.C2H6/c1-18-13-15-26(4)21(17-18)9-10-22-24-12-11-23(19(2)7-6-8-20(3)28)27(24,5)16-14-25(22)26;1-2/h9,18-19,22-25H,6-8,10-17H2,1-5H3;1-2H3. The summed E-state index contributed by atoms with van der Waals surface area (Å²) in [6.45, 7) is 16.0. The Labute approximate surface area is 187 Å². The van der Waals surface area contributed by atoms with Crippen molar-refractivity contribution in [3.05, 3.63) is 11.6 Å². The average molecular weight is 415 g/mol. The minimum atomic E-state index is 0.364. The topological polar surface area (TPSA) is 17.1 Å². The van der Waals surface area contributed by atoms with Gasteiger partial charge >= 0.3 is 0 Å². The molecule has 4 aliphatic rings. The molecular formula is C29H50O. The van der Waals surface area contributed by atoms with E-state index < -0.39 is 0 Å². The van der Waals surface area contributed by atoms with Gasteiger partial charge in [-0.05, 0) is 111 Å². The first-order chi connectivity index (χ1) is 14.3. The summed E-state index contributed by atoms with van der Waals surface area (Å²) in [5.41, 5.74) is 2.91. The molecule has 0 saturated heterocycles. The normalized spacial score (nSPS) is 43.3. The summed E-state index contributed by atoms with van der Waals surface area (Å²) in [6.07, 6.45) is 17.3. The number of ketones is 1. The molecule has 1 nitrogen and oxygen atoms in total. The Morgan fingerprint density at radius 2 is 1.83 bits per heavy atom. The van der Waals surface area contributed by atoms with E-state index in [1.807, 2.05) is 19.4 Å². The second kappa shape index (κ2) is 9.50. The fourth-order valence-corrected chi connectivity index (χ4v) is 8.69. The third-order valence-corrected chi connectivity index (χ3v) is 10.3. The highest BCUT2D eigenvalue weighted by Crippen LogP contribution is 2.67. The number of fused-ring (bicyclic) bond motifs is 5. The second-order valence-electron chi connectivity index (χ2n) is 11.9. The van der Waals surface area contributed by atoms with Crippen LogP contribution >= 0.6 is 0 Å². The number of carbonyl (C=O) groups excluding carboxylic acids is 1. The number of hydrogen-bond donors (Lipinski definition) is 0. The number of carbonyl (C=O) groups is 1. The smallest absolute Gasteiger partial charge is 0.129 e. The van der Waals surface area contributed by atoms with E-state index in [4.69, 9.17) is 0 Å². The van der Waals surface area contributed by atoms with Gasteiger partial charge in [0.05, 0.1) is 0 Å². The molecule has 3 saturated carbocycles. The quantitative estimate of drug-likeness (QED) is 0.411. The SMILES string of the molecule is CC.CC(=O)CCCC(C)C1CCC2C3CC=C4CC(C)CCC4(C)C3CCC12C. The molecule has 3 fully saturated rings. The molecule has 30 heavy (non-hydrogen) atoms. The van der Waals surface area contributed by atoms with E-state index in [0.717, 1.165) is 48.3 Å². The van der Waals surface area contributed by atoms with Crippen LogP contribution in [0.1, 0.15) is 119 Å². The zero-order valence-electron chi connectivity index (χ0n) is 21.2. The zero-order chi connectivity index (χ0) is 22.1. The van der Waals surface area contributed by atoms with Crippen LogP contribution in [-0.2, 0) is 4.79 Å². The number of allylic oxidation sites excluding steroid dienone is 2. The Morgan fingerprint density at radius 1 is 1.10 bits per heavy atom. The van der Waals surface area contributed by atoms with E-state index >= 15 is 0 Å². The van der Waals surface area contributed by atoms with Crippen LogP contribution in [0.25, 0.3) is 0 Å². The van der Waals surface area contributed by atoms with Crippen LogP contribution in [0.4, 0.5) is 0 Å². The first-order valence-corrected chi connectivity index (χ1v) is 13.4. The summed E-state index contributed by atoms with van der Waals surface area (Å²) in [4.78, 5) is 11.4. The molecule has 0 bridgehead atoms. The molecule has 4 aliphatic carbocycles. The zero-order valence-corrected chi connectivity index (χ0v) is 21.2. The lowest BCUT2D eigenvalue weighted by atomic mass is 9.46. The van der Waals surface area contributed by atoms with Crippen LogP contribution in [0.3, 0.4) is 0 Å². The lowest BCUT2D eigenvalue weighted by Gasteiger charge is -2.58. The van der Waals surface area contributed by atoms with E-state index in [-0.39, 0.29) is 0 Å². The van der Waals surface area contributed by atoms with Crippen molar-refractivity contribution in [3.63, 3.8) is 0 Å². The van der Waals surface area contributed by atoms with Crippen molar-refractivity contribution >= 4 is 5.78 Å². The molecule has 0 aliphatic heterocycles. The van der Waals surface area contributed by atoms with Crippen LogP contribution in [0.15, 0.2) is 11.6 Å². The molecule has 8 atom stereocenters. The van der Waals surface area contributed by atoms with E-state index in [0.29, 0.717) is 16.6 Å². The first kappa shape index (κ1) is 24.1. The van der Waals surface area contributed by atoms with Crippen molar-refractivity contribution in [3.8, 4) is 0 Å². The Bertz CT molecular complexity index is 632. The third kappa shape index (κ3) is 4.21. The molecule has 0 spiro atoms. The Hall–Kier alpha value is -0.590. The monoisotopic (exact) mass is 414 g/mol. The van der Waals surface area contributed by atoms with Gasteiger partial charge in [0.15, 0.2) is 0 Å². The van der Waals surface area contributed by atoms with Crippen LogP contribution in [-0.4, -0.2) is 5.78 Å². The predicted molar refractivity (Wildman–Crippen MR) is 129 cm³/mol. The van der Waals surface area contributed by atoms with Crippen molar-refractivity contribution in [2.24, 2.45) is 46.3 Å². The molecular weight excluding hydrogens is 364 g/mol. The van der Waals surface area contributed by atoms with Gasteiger partial charge in [-0.2, -0.15) is 0 Å². The maximum atomic E-state index is 11.4. The molecule has 0 N–H and O–H groups in total. The third-order valence-electron chi connectivity index (χ3n) is 10.3. The molecule has 1 heteroatoms. The first-order valence-electron chi connectivity index (χ1n) is 13.4. The fourth-order valence-electron chi connectivity index (χ4n) is 8.69. The largest absolute Gasteiger partial charge is 0.300 e. The van der Waals surface area contributed by atoms with Crippen molar-refractivity contribution in [2.75, 3.05) is 0 Å². The van der Waals surface area contributed by atoms with E-state index in [9.17, 15) is 4.79 Å². The van der Waals surface area contributed by atoms with Crippen molar-refractivity contribution in [1.29, 1.82) is 0 Å². The lowest BCUT2D eigenvalue weighted by molar-refractivity contribution is -0.117. The van der Waals surface area contributed by atoms with Crippen LogP contribution in [0.2, 0.25) is 0 Å². The molecule has 8 unspecified atom stereocenters. The highest BCUT2D eigenvalue weighted by Gasteiger charge is 2.58. The molecule has 0 aromatic rings. The fraction of sp³-hybridized carbons (Fsp3) is 0.897. The van der Waals surface area contributed by atoms with Gasteiger partial charge in [0, 0.05) is 6.42 Å². The Balaban J connectivity index is 0.00000124. The molecule has 172 valence electrons. The van der Waals surface area contributed by atoms with E-state index in [1.165, 1.54) is 57.8 Å². The van der Waals surface area contributed by atoms with E-state index in [1.54, 1.807) is 6.92 Å². The number of rotatable bonds is 5. The van der Waals surface area contributed by atoms with Crippen molar-refractivity contribution in [1.82, 2.24) is 0 Å². The summed E-state index contributed by atoms with van der Waals surface area (Å²) in [7, 11) is 0. The average Bonchev–Trinajstić information content (AvgIpc) is 3.07. The number of Topliss-reactive ketones (excluding diaryl/α,β-unsaturated/α-hetero) is 1. The maximum Gasteiger partial charge on any atom is 0.129 e. The van der Waals surface area contributed by atoms with Gasteiger partial charge in [-0.15, -0.1) is 0 Å². The lowest BCUT2D eigenvalue weighted by Crippen LogP contribution is -2.50. The number of hydrogen-bond acceptors (Lipinski definition) is 1. The highest BCUT2D eigenvalue weighted by molar-refractivity contribution is 5.75. The molecule has 0 heterocycles. The van der Waals surface area contributed by atoms with Gasteiger partial charge in [-0.1, -0.05) is 59.6 Å². The minimum Gasteiger partial charge on any atom is -0.300 e. The molecule has 0 aromatic carbocycles. The summed E-state index contributed by atoms with van der Waals surface area (Å²) in [6, 6.07) is 0. The summed E-state index contributed by atoms with van der Waals surface area (Å²) in [5.74, 6) is 5.77. The second-order valence-corrected chi connectivity index (χ2v) is 11.9. The molecule has 0 amide bonds. The van der Waals surface area contributed by atoms with Gasteiger partial charge < -0.3 is 4.79 Å². The Kier molecular flexibility index (Phi) is 7.62. The molecule has 4 rings (SSSR count). The summed E-state index contributed by atoms with van der Waals surface area (Å²) < 4.78 is 0. The highest BCUT2D eigenvalue weighted by atomic mass is 16.1. The van der Waals surface area contributed by atoms with Gasteiger partial charge in [-0.25, -0.2) is 0 Å². The van der Waals surface area contributed by atoms with E-state index in [2.05, 4.69) is 33.8 Å². The molecule has 0 radical (unpaired) electrons. The summed E-state index contributed by atoms with van der Waals surface area (Å²) in [5, 5.41) is 0. The van der Waals surface area contributed by atoms with Crippen molar-refractivity contribution in [2.45, 2.75) is 119 Å². The summed E-state index contributed by atoms with van der Waals surface area (Å²) >= 11 is 0. The Morgan fingerprint density at radius 3 is 2.53 bits per heavy atom.